The second kappa shape index (κ2) is 7.07. The Labute approximate surface area is 124 Å². The van der Waals surface area contributed by atoms with Gasteiger partial charge in [-0.3, -0.25) is 4.98 Å². The summed E-state index contributed by atoms with van der Waals surface area (Å²) >= 11 is 4.77. The lowest BCUT2D eigenvalue weighted by Gasteiger charge is -2.21. The van der Waals surface area contributed by atoms with Crippen LogP contribution in [0.1, 0.15) is 19.5 Å². The lowest BCUT2D eigenvalue weighted by Crippen LogP contribution is -2.41. The first-order valence-electron chi connectivity index (χ1n) is 6.05. The van der Waals surface area contributed by atoms with E-state index in [0.717, 1.165) is 0 Å². The number of thiocarbonyl (C=S) groups is 1. The number of sulfonamides is 1. The van der Waals surface area contributed by atoms with E-state index in [9.17, 15) is 8.42 Å². The number of hydrogen-bond acceptors (Lipinski definition) is 5. The van der Waals surface area contributed by atoms with E-state index in [1.54, 1.807) is 0 Å². The molecule has 0 saturated carbocycles. The minimum atomic E-state index is -3.65. The Balaban J connectivity index is 2.95. The molecule has 0 aliphatic carbocycles. The number of aromatic nitrogens is 1. The Kier molecular flexibility index (Phi) is 6.00. The van der Waals surface area contributed by atoms with Crippen molar-refractivity contribution in [2.45, 2.75) is 24.8 Å². The highest BCUT2D eigenvalue weighted by molar-refractivity contribution is 7.89. The molecule has 0 amide bonds. The van der Waals surface area contributed by atoms with E-state index >= 15 is 0 Å². The lowest BCUT2D eigenvalue weighted by molar-refractivity contribution is 0.157. The maximum Gasteiger partial charge on any atom is 0.242 e. The number of hydrogen-bond donors (Lipinski definition) is 2. The van der Waals surface area contributed by atoms with E-state index in [4.69, 9.17) is 22.7 Å². The molecule has 0 saturated heterocycles. The van der Waals surface area contributed by atoms with E-state index in [2.05, 4.69) is 9.71 Å². The number of ether oxygens (including phenoxy) is 1. The fourth-order valence-corrected chi connectivity index (χ4v) is 2.93. The lowest BCUT2D eigenvalue weighted by atomic mass is 10.1. The van der Waals surface area contributed by atoms with Gasteiger partial charge in [-0.15, -0.1) is 0 Å². The Morgan fingerprint density at radius 3 is 2.55 bits per heavy atom. The van der Waals surface area contributed by atoms with Gasteiger partial charge in [-0.1, -0.05) is 26.1 Å². The van der Waals surface area contributed by atoms with Crippen molar-refractivity contribution in [1.29, 1.82) is 0 Å². The predicted octanol–water partition coefficient (Wildman–Crippen LogP) is 0.665. The van der Waals surface area contributed by atoms with Crippen molar-refractivity contribution in [3.05, 3.63) is 24.0 Å². The van der Waals surface area contributed by atoms with Crippen molar-refractivity contribution < 1.29 is 13.2 Å². The molecule has 0 bridgehead atoms. The number of methoxy groups -OCH3 is 1. The van der Waals surface area contributed by atoms with Crippen molar-refractivity contribution >= 4 is 27.2 Å². The molecule has 1 atom stereocenters. The molecule has 1 aromatic heterocycles. The third kappa shape index (κ3) is 4.48. The van der Waals surface area contributed by atoms with Crippen LogP contribution in [0.4, 0.5) is 0 Å². The van der Waals surface area contributed by atoms with Crippen LogP contribution >= 0.6 is 12.2 Å². The van der Waals surface area contributed by atoms with Crippen LogP contribution in [0.3, 0.4) is 0 Å². The summed E-state index contributed by atoms with van der Waals surface area (Å²) in [6.45, 7) is 4.14. The van der Waals surface area contributed by atoms with E-state index in [1.807, 2.05) is 13.8 Å². The van der Waals surface area contributed by atoms with Gasteiger partial charge in [-0.25, -0.2) is 13.1 Å². The smallest absolute Gasteiger partial charge is 0.242 e. The molecular formula is C12H19N3O3S2. The summed E-state index contributed by atoms with van der Waals surface area (Å²) in [7, 11) is -2.12. The predicted molar refractivity (Wildman–Crippen MR) is 80.9 cm³/mol. The molecule has 1 heterocycles. The van der Waals surface area contributed by atoms with Gasteiger partial charge in [-0.2, -0.15) is 0 Å². The van der Waals surface area contributed by atoms with Crippen LogP contribution in [0.2, 0.25) is 0 Å². The normalized spacial score (nSPS) is 13.4. The summed E-state index contributed by atoms with van der Waals surface area (Å²) in [4.78, 5) is 4.12. The second-order valence-electron chi connectivity index (χ2n) is 4.67. The Bertz CT molecular complexity index is 556. The molecular weight excluding hydrogens is 298 g/mol. The average Bonchev–Trinajstić information content (AvgIpc) is 2.38. The van der Waals surface area contributed by atoms with Gasteiger partial charge in [0.25, 0.3) is 0 Å². The summed E-state index contributed by atoms with van der Waals surface area (Å²) < 4.78 is 32.1. The van der Waals surface area contributed by atoms with Crippen molar-refractivity contribution in [3.63, 3.8) is 0 Å². The third-order valence-corrected chi connectivity index (χ3v) is 4.44. The van der Waals surface area contributed by atoms with Crippen LogP contribution in [-0.2, 0) is 14.8 Å². The maximum atomic E-state index is 12.2. The Morgan fingerprint density at radius 1 is 1.50 bits per heavy atom. The van der Waals surface area contributed by atoms with Crippen LogP contribution in [0.15, 0.2) is 23.2 Å². The highest BCUT2D eigenvalue weighted by atomic mass is 32.2. The monoisotopic (exact) mass is 317 g/mol. The molecule has 1 aromatic rings. The molecule has 20 heavy (non-hydrogen) atoms. The molecule has 8 heteroatoms. The largest absolute Gasteiger partial charge is 0.388 e. The highest BCUT2D eigenvalue weighted by Crippen LogP contribution is 2.11. The minimum absolute atomic E-state index is 0.0688. The SMILES string of the molecule is COCC(NS(=O)(=O)c1ccc(C(N)=S)nc1)C(C)C. The first-order chi connectivity index (χ1) is 9.27. The highest BCUT2D eigenvalue weighted by Gasteiger charge is 2.22. The molecule has 0 aliphatic heterocycles. The van der Waals surface area contributed by atoms with Gasteiger partial charge in [0.05, 0.1) is 12.3 Å². The first kappa shape index (κ1) is 17.0. The Morgan fingerprint density at radius 2 is 2.15 bits per heavy atom. The van der Waals surface area contributed by atoms with Gasteiger partial charge in [0.1, 0.15) is 9.88 Å². The quantitative estimate of drug-likeness (QED) is 0.718. The van der Waals surface area contributed by atoms with Gasteiger partial charge in [0.2, 0.25) is 10.0 Å². The molecule has 3 N–H and O–H groups in total. The Hall–Kier alpha value is -1.09. The van der Waals surface area contributed by atoms with E-state index in [-0.39, 0.29) is 21.8 Å². The number of nitrogens with zero attached hydrogens (tertiary/aromatic N) is 1. The number of nitrogens with one attached hydrogen (secondary N) is 1. The zero-order valence-corrected chi connectivity index (χ0v) is 13.3. The second-order valence-corrected chi connectivity index (χ2v) is 6.82. The average molecular weight is 317 g/mol. The van der Waals surface area contributed by atoms with Gasteiger partial charge in [-0.05, 0) is 18.1 Å². The van der Waals surface area contributed by atoms with Crippen molar-refractivity contribution in [3.8, 4) is 0 Å². The molecule has 1 unspecified atom stereocenters. The third-order valence-electron chi connectivity index (χ3n) is 2.76. The van der Waals surface area contributed by atoms with Gasteiger partial charge >= 0.3 is 0 Å². The van der Waals surface area contributed by atoms with Gasteiger partial charge in [0.15, 0.2) is 0 Å². The van der Waals surface area contributed by atoms with E-state index in [1.165, 1.54) is 25.4 Å². The van der Waals surface area contributed by atoms with Gasteiger partial charge in [0, 0.05) is 19.3 Å². The minimum Gasteiger partial charge on any atom is -0.388 e. The molecule has 0 radical (unpaired) electrons. The summed E-state index contributed by atoms with van der Waals surface area (Å²) in [6.07, 6.45) is 1.24. The molecule has 112 valence electrons. The van der Waals surface area contributed by atoms with Crippen molar-refractivity contribution in [2.75, 3.05) is 13.7 Å². The number of nitrogens with two attached hydrogens (primary N) is 1. The van der Waals surface area contributed by atoms with Crippen molar-refractivity contribution in [1.82, 2.24) is 9.71 Å². The fraction of sp³-hybridized carbons (Fsp3) is 0.500. The molecule has 0 aliphatic rings. The van der Waals surface area contributed by atoms with Crippen LogP contribution in [-0.4, -0.2) is 38.1 Å². The fourth-order valence-electron chi connectivity index (χ4n) is 1.49. The summed E-state index contributed by atoms with van der Waals surface area (Å²) in [6, 6.07) is 2.60. The van der Waals surface area contributed by atoms with Crippen LogP contribution in [0, 0.1) is 5.92 Å². The summed E-state index contributed by atoms with van der Waals surface area (Å²) in [5, 5.41) is 0. The van der Waals surface area contributed by atoms with Crippen LogP contribution < -0.4 is 10.5 Å². The first-order valence-corrected chi connectivity index (χ1v) is 7.94. The summed E-state index contributed by atoms with van der Waals surface area (Å²) in [5.41, 5.74) is 5.81. The molecule has 0 aromatic carbocycles. The maximum absolute atomic E-state index is 12.2. The standard InChI is InChI=1S/C12H19N3O3S2/c1-8(2)11(7-18-3)15-20(16,17)9-4-5-10(12(13)19)14-6-9/h4-6,8,11,15H,7H2,1-3H3,(H2,13,19). The van der Waals surface area contributed by atoms with Crippen molar-refractivity contribution in [2.24, 2.45) is 11.7 Å². The molecule has 6 nitrogen and oxygen atoms in total. The van der Waals surface area contributed by atoms with Gasteiger partial charge < -0.3 is 10.5 Å². The molecule has 0 fully saturated rings. The molecule has 1 rings (SSSR count). The zero-order valence-electron chi connectivity index (χ0n) is 11.7. The number of pyridine rings is 1. The van der Waals surface area contributed by atoms with E-state index in [0.29, 0.717) is 12.3 Å². The summed E-state index contributed by atoms with van der Waals surface area (Å²) in [5.74, 6) is 0.105. The van der Waals surface area contributed by atoms with Crippen LogP contribution in [0.25, 0.3) is 0 Å². The topological polar surface area (TPSA) is 94.3 Å². The zero-order chi connectivity index (χ0) is 15.3. The van der Waals surface area contributed by atoms with Crippen LogP contribution in [0.5, 0.6) is 0 Å². The van der Waals surface area contributed by atoms with E-state index < -0.39 is 10.0 Å². The number of rotatable bonds is 7. The molecule has 0 spiro atoms.